The third kappa shape index (κ3) is 2.60. The normalized spacial score (nSPS) is 20.7. The maximum absolute atomic E-state index is 13.7. The molecule has 0 N–H and O–H groups in total. The van der Waals surface area contributed by atoms with Gasteiger partial charge in [0.05, 0.1) is 5.71 Å². The molecule has 0 saturated heterocycles. The van der Waals surface area contributed by atoms with E-state index in [4.69, 9.17) is 4.84 Å². The molecule has 0 aromatic heterocycles. The lowest BCUT2D eigenvalue weighted by atomic mass is 9.86. The first-order valence-corrected chi connectivity index (χ1v) is 6.89. The first-order chi connectivity index (χ1) is 11.0. The summed E-state index contributed by atoms with van der Waals surface area (Å²) in [6.45, 7) is 0. The van der Waals surface area contributed by atoms with Crippen LogP contribution in [0.15, 0.2) is 59.8 Å². The molecule has 1 aliphatic rings. The fourth-order valence-electron chi connectivity index (χ4n) is 2.52. The summed E-state index contributed by atoms with van der Waals surface area (Å²) in [6.07, 6.45) is -4.36. The van der Waals surface area contributed by atoms with E-state index in [2.05, 4.69) is 5.16 Å². The largest absolute Gasteiger partial charge is 0.435 e. The zero-order valence-corrected chi connectivity index (χ0v) is 11.9. The molecule has 1 atom stereocenters. The van der Waals surface area contributed by atoms with Gasteiger partial charge in [-0.25, -0.2) is 0 Å². The van der Waals surface area contributed by atoms with E-state index in [1.165, 1.54) is 36.4 Å². The van der Waals surface area contributed by atoms with Gasteiger partial charge in [0.1, 0.15) is 6.29 Å². The fraction of sp³-hybridized carbons (Fsp3) is 0.176. The predicted molar refractivity (Wildman–Crippen MR) is 78.2 cm³/mol. The number of alkyl halides is 3. The van der Waals surface area contributed by atoms with Crippen LogP contribution in [0.2, 0.25) is 0 Å². The van der Waals surface area contributed by atoms with Crippen LogP contribution in [0, 0.1) is 0 Å². The number of hydrogen-bond acceptors (Lipinski definition) is 3. The quantitative estimate of drug-likeness (QED) is 0.800. The molecule has 118 valence electrons. The Morgan fingerprint density at radius 1 is 1.04 bits per heavy atom. The van der Waals surface area contributed by atoms with Gasteiger partial charge in [-0.05, 0) is 5.56 Å². The van der Waals surface area contributed by atoms with Crippen molar-refractivity contribution in [2.24, 2.45) is 5.16 Å². The van der Waals surface area contributed by atoms with Crippen molar-refractivity contribution in [3.8, 4) is 0 Å². The molecule has 0 radical (unpaired) electrons. The summed E-state index contributed by atoms with van der Waals surface area (Å²) in [7, 11) is 0. The molecule has 0 spiro atoms. The minimum absolute atomic E-state index is 0.00996. The Hall–Kier alpha value is -2.63. The summed E-state index contributed by atoms with van der Waals surface area (Å²) in [6, 6.07) is 13.6. The Morgan fingerprint density at radius 2 is 1.70 bits per heavy atom. The minimum Gasteiger partial charge on any atom is -0.374 e. The number of benzene rings is 2. The molecule has 0 aliphatic carbocycles. The maximum Gasteiger partial charge on any atom is 0.435 e. The summed E-state index contributed by atoms with van der Waals surface area (Å²) in [5, 5.41) is 3.67. The molecule has 2 aromatic carbocycles. The summed E-state index contributed by atoms with van der Waals surface area (Å²) in [5.74, 6) is 0. The summed E-state index contributed by atoms with van der Waals surface area (Å²) in [4.78, 5) is 15.6. The second-order valence-electron chi connectivity index (χ2n) is 5.24. The Kier molecular flexibility index (Phi) is 3.67. The second-order valence-corrected chi connectivity index (χ2v) is 5.24. The highest BCUT2D eigenvalue weighted by Gasteiger charge is 2.62. The van der Waals surface area contributed by atoms with Gasteiger partial charge in [0.2, 0.25) is 0 Å². The van der Waals surface area contributed by atoms with Gasteiger partial charge in [0, 0.05) is 17.5 Å². The molecule has 3 nitrogen and oxygen atoms in total. The SMILES string of the molecule is O=Cc1ccc(C2=NOC(c3ccccc3)(C(F)(F)F)C2)cc1. The number of halogens is 3. The van der Waals surface area contributed by atoms with E-state index in [1.54, 1.807) is 18.2 Å². The van der Waals surface area contributed by atoms with E-state index in [0.29, 0.717) is 17.4 Å². The topological polar surface area (TPSA) is 38.7 Å². The average Bonchev–Trinajstić information content (AvgIpc) is 3.02. The van der Waals surface area contributed by atoms with Crippen LogP contribution in [-0.4, -0.2) is 18.2 Å². The van der Waals surface area contributed by atoms with Crippen LogP contribution >= 0.6 is 0 Å². The fourth-order valence-corrected chi connectivity index (χ4v) is 2.52. The molecule has 0 amide bonds. The molecule has 23 heavy (non-hydrogen) atoms. The molecule has 0 bridgehead atoms. The van der Waals surface area contributed by atoms with Gasteiger partial charge in [0.25, 0.3) is 5.60 Å². The Bertz CT molecular complexity index is 739. The van der Waals surface area contributed by atoms with Crippen LogP contribution in [0.5, 0.6) is 0 Å². The first-order valence-electron chi connectivity index (χ1n) is 6.89. The highest BCUT2D eigenvalue weighted by molar-refractivity contribution is 6.02. The molecular formula is C17H12F3NO2. The van der Waals surface area contributed by atoms with Gasteiger partial charge >= 0.3 is 6.18 Å². The Labute approximate surface area is 130 Å². The summed E-state index contributed by atoms with van der Waals surface area (Å²) in [5.41, 5.74) is -1.33. The molecule has 3 rings (SSSR count). The van der Waals surface area contributed by atoms with Crippen LogP contribution in [0.25, 0.3) is 0 Å². The van der Waals surface area contributed by atoms with Crippen LogP contribution in [-0.2, 0) is 10.4 Å². The molecule has 1 heterocycles. The zero-order valence-electron chi connectivity index (χ0n) is 11.9. The second kappa shape index (κ2) is 5.53. The van der Waals surface area contributed by atoms with Crippen LogP contribution in [0.3, 0.4) is 0 Å². The number of nitrogens with zero attached hydrogens (tertiary/aromatic N) is 1. The van der Waals surface area contributed by atoms with E-state index in [-0.39, 0.29) is 11.3 Å². The Balaban J connectivity index is 1.96. The van der Waals surface area contributed by atoms with Gasteiger partial charge in [-0.1, -0.05) is 59.8 Å². The lowest BCUT2D eigenvalue weighted by Crippen LogP contribution is -2.42. The zero-order chi connectivity index (χ0) is 16.5. The van der Waals surface area contributed by atoms with Crippen molar-refractivity contribution in [1.29, 1.82) is 0 Å². The van der Waals surface area contributed by atoms with Crippen molar-refractivity contribution in [1.82, 2.24) is 0 Å². The number of rotatable bonds is 3. The van der Waals surface area contributed by atoms with Crippen molar-refractivity contribution in [3.05, 3.63) is 71.3 Å². The van der Waals surface area contributed by atoms with Gasteiger partial charge in [-0.3, -0.25) is 4.79 Å². The van der Waals surface area contributed by atoms with Crippen molar-refractivity contribution in [2.45, 2.75) is 18.2 Å². The molecule has 0 saturated carbocycles. The van der Waals surface area contributed by atoms with Gasteiger partial charge in [-0.15, -0.1) is 0 Å². The Morgan fingerprint density at radius 3 is 2.26 bits per heavy atom. The van der Waals surface area contributed by atoms with Crippen molar-refractivity contribution in [3.63, 3.8) is 0 Å². The minimum atomic E-state index is -4.61. The number of oxime groups is 1. The van der Waals surface area contributed by atoms with Crippen LogP contribution < -0.4 is 0 Å². The lowest BCUT2D eigenvalue weighted by Gasteiger charge is -2.29. The van der Waals surface area contributed by atoms with E-state index in [9.17, 15) is 18.0 Å². The van der Waals surface area contributed by atoms with Gasteiger partial charge < -0.3 is 4.84 Å². The van der Waals surface area contributed by atoms with E-state index >= 15 is 0 Å². The van der Waals surface area contributed by atoms with E-state index < -0.39 is 18.2 Å². The van der Waals surface area contributed by atoms with Crippen molar-refractivity contribution in [2.75, 3.05) is 0 Å². The molecular weight excluding hydrogens is 307 g/mol. The number of carbonyl (C=O) groups excluding carboxylic acids is 1. The molecule has 6 heteroatoms. The van der Waals surface area contributed by atoms with Gasteiger partial charge in [-0.2, -0.15) is 13.2 Å². The highest BCUT2D eigenvalue weighted by Crippen LogP contribution is 2.48. The average molecular weight is 319 g/mol. The molecule has 0 fully saturated rings. The van der Waals surface area contributed by atoms with Gasteiger partial charge in [0.15, 0.2) is 0 Å². The van der Waals surface area contributed by atoms with Crippen molar-refractivity contribution >= 4 is 12.0 Å². The third-order valence-electron chi connectivity index (χ3n) is 3.81. The predicted octanol–water partition coefficient (Wildman–Crippen LogP) is 4.08. The van der Waals surface area contributed by atoms with Crippen molar-refractivity contribution < 1.29 is 22.8 Å². The monoisotopic (exact) mass is 319 g/mol. The third-order valence-corrected chi connectivity index (χ3v) is 3.81. The molecule has 1 aliphatic heterocycles. The lowest BCUT2D eigenvalue weighted by molar-refractivity contribution is -0.275. The number of aldehydes is 1. The first kappa shape index (κ1) is 15.3. The number of carbonyl (C=O) groups is 1. The summed E-state index contributed by atoms with van der Waals surface area (Å²) >= 11 is 0. The highest BCUT2D eigenvalue weighted by atomic mass is 19.4. The molecule has 1 unspecified atom stereocenters. The van der Waals surface area contributed by atoms with E-state index in [1.807, 2.05) is 0 Å². The smallest absolute Gasteiger partial charge is 0.374 e. The number of hydrogen-bond donors (Lipinski definition) is 0. The van der Waals surface area contributed by atoms with Crippen LogP contribution in [0.1, 0.15) is 27.9 Å². The van der Waals surface area contributed by atoms with E-state index in [0.717, 1.165) is 0 Å². The standard InChI is InChI=1S/C17H12F3NO2/c18-17(19,20)16(14-4-2-1-3-5-14)10-15(21-23-16)13-8-6-12(11-22)7-9-13/h1-9,11H,10H2. The maximum atomic E-state index is 13.7. The van der Waals surface area contributed by atoms with Crippen LogP contribution in [0.4, 0.5) is 13.2 Å². The summed E-state index contributed by atoms with van der Waals surface area (Å²) < 4.78 is 41.0. The molecule has 2 aromatic rings.